The number of hydrogen-bond acceptors (Lipinski definition) is 3. The molecule has 1 aromatic rings. The zero-order valence-electron chi connectivity index (χ0n) is 9.06. The highest BCUT2D eigenvalue weighted by Crippen LogP contribution is 2.23. The Bertz CT molecular complexity index is 564. The summed E-state index contributed by atoms with van der Waals surface area (Å²) >= 11 is 0. The lowest BCUT2D eigenvalue weighted by molar-refractivity contribution is 0.0692. The summed E-state index contributed by atoms with van der Waals surface area (Å²) in [6, 6.07) is 3.52. The topological polar surface area (TPSA) is 66.7 Å². The molecular weight excluding hydrogens is 245 g/mol. The van der Waals surface area contributed by atoms with Crippen molar-refractivity contribution >= 4 is 21.4 Å². The van der Waals surface area contributed by atoms with Crippen molar-refractivity contribution in [2.45, 2.75) is 12.8 Å². The van der Waals surface area contributed by atoms with Gasteiger partial charge < -0.3 is 5.11 Å². The summed E-state index contributed by atoms with van der Waals surface area (Å²) < 4.78 is 29.3. The lowest BCUT2D eigenvalue weighted by atomic mass is 10.2. The van der Waals surface area contributed by atoms with Gasteiger partial charge in [0.15, 0.2) is 0 Å². The quantitative estimate of drug-likeness (QED) is 0.884. The van der Waals surface area contributed by atoms with Crippen molar-refractivity contribution < 1.29 is 18.5 Å². The number of hydrogen-bond donors (Lipinski definition) is 1. The van der Waals surface area contributed by atoms with Crippen LogP contribution in [0.2, 0.25) is 0 Å². The van der Waals surface area contributed by atoms with Gasteiger partial charge in [0.05, 0.1) is 21.0 Å². The Morgan fingerprint density at radius 2 is 2.00 bits per heavy atom. The number of carboxylic acids is 1. The molecule has 0 unspecified atom stereocenters. The minimum Gasteiger partial charge on any atom is -0.478 e. The Hall–Kier alpha value is -1.43. The number of carbonyl (C=O) groups is 1. The van der Waals surface area contributed by atoms with E-state index in [4.69, 9.17) is 5.11 Å². The van der Waals surface area contributed by atoms with Crippen molar-refractivity contribution in [3.63, 3.8) is 0 Å². The van der Waals surface area contributed by atoms with Crippen LogP contribution in [0, 0.1) is 5.82 Å². The van der Waals surface area contributed by atoms with Crippen LogP contribution in [0.5, 0.6) is 0 Å². The number of rotatable bonds is 2. The van der Waals surface area contributed by atoms with Crippen LogP contribution in [0.4, 0.5) is 10.1 Å². The Morgan fingerprint density at radius 1 is 1.35 bits per heavy atom. The van der Waals surface area contributed by atoms with Crippen molar-refractivity contribution in [3.8, 4) is 0 Å². The fraction of sp³-hybridized carbons (Fsp3) is 0.364. The summed E-state index contributed by atoms with van der Waals surface area (Å²) in [6.07, 6.45) is 1.74. The predicted molar refractivity (Wildman–Crippen MR) is 62.6 cm³/mol. The van der Waals surface area contributed by atoms with E-state index in [-0.39, 0.29) is 5.69 Å². The highest BCUT2D eigenvalue weighted by Gasteiger charge is 2.17. The van der Waals surface area contributed by atoms with Crippen LogP contribution >= 0.6 is 0 Å². The monoisotopic (exact) mass is 257 g/mol. The van der Waals surface area contributed by atoms with E-state index < -0.39 is 27.1 Å². The molecule has 0 radical (unpaired) electrons. The molecule has 4 nitrogen and oxygen atoms in total. The van der Waals surface area contributed by atoms with E-state index in [2.05, 4.69) is 4.36 Å². The molecule has 0 spiro atoms. The predicted octanol–water partition coefficient (Wildman–Crippen LogP) is 2.42. The first kappa shape index (κ1) is 12.0. The van der Waals surface area contributed by atoms with Crippen molar-refractivity contribution in [3.05, 3.63) is 29.6 Å². The number of carboxylic acid groups (broad SMARTS) is 1. The maximum absolute atomic E-state index is 13.1. The van der Waals surface area contributed by atoms with Crippen LogP contribution in [-0.4, -0.2) is 26.8 Å². The Kier molecular flexibility index (Phi) is 3.15. The van der Waals surface area contributed by atoms with Gasteiger partial charge in [-0.1, -0.05) is 0 Å². The normalized spacial score (nSPS) is 17.9. The zero-order valence-corrected chi connectivity index (χ0v) is 9.87. The maximum Gasteiger partial charge on any atom is 0.338 e. The lowest BCUT2D eigenvalue weighted by Crippen LogP contribution is -2.02. The van der Waals surface area contributed by atoms with Crippen molar-refractivity contribution in [2.24, 2.45) is 4.36 Å². The molecule has 0 bridgehead atoms. The second kappa shape index (κ2) is 4.44. The molecule has 1 N–H and O–H groups in total. The van der Waals surface area contributed by atoms with Gasteiger partial charge in [-0.05, 0) is 31.0 Å². The van der Waals surface area contributed by atoms with Crippen molar-refractivity contribution in [1.29, 1.82) is 0 Å². The molecule has 0 aliphatic carbocycles. The lowest BCUT2D eigenvalue weighted by Gasteiger charge is -2.02. The summed E-state index contributed by atoms with van der Waals surface area (Å²) in [7, 11) is -2.25. The minimum atomic E-state index is -2.25. The third-order valence-corrected chi connectivity index (χ3v) is 5.03. The van der Waals surface area contributed by atoms with Crippen molar-refractivity contribution in [2.75, 3.05) is 11.5 Å². The second-order valence-electron chi connectivity index (χ2n) is 3.95. The molecule has 1 heterocycles. The first-order valence-corrected chi connectivity index (χ1v) is 7.11. The molecule has 6 heteroatoms. The van der Waals surface area contributed by atoms with Crippen LogP contribution in [0.1, 0.15) is 23.2 Å². The van der Waals surface area contributed by atoms with E-state index in [1.54, 1.807) is 0 Å². The van der Waals surface area contributed by atoms with Crippen LogP contribution in [0.25, 0.3) is 0 Å². The van der Waals surface area contributed by atoms with Crippen LogP contribution in [0.15, 0.2) is 22.6 Å². The van der Waals surface area contributed by atoms with Crippen molar-refractivity contribution in [1.82, 2.24) is 0 Å². The van der Waals surface area contributed by atoms with E-state index in [9.17, 15) is 13.4 Å². The smallest absolute Gasteiger partial charge is 0.338 e. The molecule has 1 saturated heterocycles. The number of halogens is 1. The summed E-state index contributed by atoms with van der Waals surface area (Å²) in [4.78, 5) is 10.7. The highest BCUT2D eigenvalue weighted by molar-refractivity contribution is 7.93. The van der Waals surface area contributed by atoms with Crippen LogP contribution in [0.3, 0.4) is 0 Å². The first-order valence-electron chi connectivity index (χ1n) is 5.25. The molecule has 1 aliphatic heterocycles. The molecule has 0 aromatic heterocycles. The summed E-state index contributed by atoms with van der Waals surface area (Å²) in [5, 5.41) is 8.76. The Balaban J connectivity index is 2.44. The molecule has 0 amide bonds. The highest BCUT2D eigenvalue weighted by atomic mass is 32.2. The fourth-order valence-corrected chi connectivity index (χ4v) is 3.97. The van der Waals surface area contributed by atoms with Gasteiger partial charge in [0.2, 0.25) is 0 Å². The van der Waals surface area contributed by atoms with Gasteiger partial charge in [0, 0.05) is 11.5 Å². The van der Waals surface area contributed by atoms with Gasteiger partial charge in [-0.2, -0.15) is 4.36 Å². The van der Waals surface area contributed by atoms with E-state index in [0.717, 1.165) is 25.0 Å². The summed E-state index contributed by atoms with van der Waals surface area (Å²) in [5.74, 6) is -1.08. The number of aromatic carboxylic acids is 1. The fourth-order valence-electron chi connectivity index (χ4n) is 1.77. The number of benzene rings is 1. The largest absolute Gasteiger partial charge is 0.478 e. The molecule has 1 aromatic carbocycles. The summed E-state index contributed by atoms with van der Waals surface area (Å²) in [5.41, 5.74) is -0.164. The molecule has 0 atom stereocenters. The summed E-state index contributed by atoms with van der Waals surface area (Å²) in [6.45, 7) is 0. The molecular formula is C11H12FNO3S. The average Bonchev–Trinajstić information content (AvgIpc) is 2.67. The molecule has 92 valence electrons. The van der Waals surface area contributed by atoms with Gasteiger partial charge in [0.1, 0.15) is 5.82 Å². The minimum absolute atomic E-state index is 0.274. The SMILES string of the molecule is O=C(O)c1cc(N=S2(=O)CCCC2)ccc1F. The second-order valence-corrected chi connectivity index (χ2v) is 6.49. The van der Waals surface area contributed by atoms with E-state index >= 15 is 0 Å². The third-order valence-electron chi connectivity index (χ3n) is 2.63. The van der Waals surface area contributed by atoms with Gasteiger partial charge in [-0.25, -0.2) is 13.4 Å². The van der Waals surface area contributed by atoms with E-state index in [0.29, 0.717) is 11.5 Å². The first-order chi connectivity index (χ1) is 8.00. The van der Waals surface area contributed by atoms with Gasteiger partial charge in [-0.15, -0.1) is 0 Å². The average molecular weight is 257 g/mol. The third kappa shape index (κ3) is 2.63. The van der Waals surface area contributed by atoms with Crippen LogP contribution < -0.4 is 0 Å². The molecule has 2 rings (SSSR count). The Morgan fingerprint density at radius 3 is 2.59 bits per heavy atom. The van der Waals surface area contributed by atoms with E-state index in [1.807, 2.05) is 0 Å². The maximum atomic E-state index is 13.1. The molecule has 17 heavy (non-hydrogen) atoms. The van der Waals surface area contributed by atoms with Crippen LogP contribution in [-0.2, 0) is 9.73 Å². The number of nitrogens with zero attached hydrogens (tertiary/aromatic N) is 1. The standard InChI is InChI=1S/C11H12FNO3S/c12-10-4-3-8(7-9(10)11(14)15)13-17(16)5-1-2-6-17/h3-4,7H,1-2,5-6H2,(H,14,15). The Labute approximate surface area is 98.7 Å². The molecule has 1 aliphatic rings. The molecule has 0 saturated carbocycles. The van der Waals surface area contributed by atoms with Gasteiger partial charge in [0.25, 0.3) is 0 Å². The van der Waals surface area contributed by atoms with E-state index in [1.165, 1.54) is 6.07 Å². The molecule has 1 fully saturated rings. The van der Waals surface area contributed by atoms with Gasteiger partial charge >= 0.3 is 5.97 Å². The van der Waals surface area contributed by atoms with Gasteiger partial charge in [-0.3, -0.25) is 0 Å². The zero-order chi connectivity index (χ0) is 12.5.